The van der Waals surface area contributed by atoms with Crippen molar-refractivity contribution in [3.8, 4) is 0 Å². The summed E-state index contributed by atoms with van der Waals surface area (Å²) in [5, 5.41) is 3.01. The molecule has 1 fully saturated rings. The van der Waals surface area contributed by atoms with E-state index in [1.54, 1.807) is 0 Å². The van der Waals surface area contributed by atoms with Gasteiger partial charge >= 0.3 is 0 Å². The molecule has 2 rings (SSSR count). The zero-order valence-corrected chi connectivity index (χ0v) is 12.3. The van der Waals surface area contributed by atoms with Gasteiger partial charge in [-0.05, 0) is 12.8 Å². The van der Waals surface area contributed by atoms with Crippen molar-refractivity contribution in [1.82, 2.24) is 15.3 Å². The number of amides is 1. The van der Waals surface area contributed by atoms with Gasteiger partial charge in [-0.25, -0.2) is 4.98 Å². The van der Waals surface area contributed by atoms with Gasteiger partial charge in [0.15, 0.2) is 0 Å². The monoisotopic (exact) mass is 292 g/mol. The van der Waals surface area contributed by atoms with Gasteiger partial charge in [0.1, 0.15) is 5.69 Å². The molecule has 0 atom stereocenters. The average molecular weight is 292 g/mol. The largest absolute Gasteiger partial charge is 0.391 e. The van der Waals surface area contributed by atoms with Crippen LogP contribution in [0.2, 0.25) is 0 Å². The smallest absolute Gasteiger partial charge is 0.272 e. The van der Waals surface area contributed by atoms with Crippen LogP contribution in [0.25, 0.3) is 0 Å². The highest BCUT2D eigenvalue weighted by molar-refractivity contribution is 7.80. The molecule has 0 aromatic carbocycles. The molecule has 1 aliphatic carbocycles. The second-order valence-corrected chi connectivity index (χ2v) is 5.70. The first kappa shape index (κ1) is 14.8. The first-order valence-corrected chi connectivity index (χ1v) is 7.43. The number of thiocarbonyl (C=S) groups is 1. The summed E-state index contributed by atoms with van der Waals surface area (Å²) in [4.78, 5) is 20.6. The Morgan fingerprint density at radius 1 is 1.20 bits per heavy atom. The van der Waals surface area contributed by atoms with E-state index in [4.69, 9.17) is 18.0 Å². The number of nitrogens with two attached hydrogens (primary N) is 1. The Hall–Kier alpha value is -1.56. The Kier molecular flexibility index (Phi) is 5.00. The molecule has 5 nitrogen and oxygen atoms in total. The van der Waals surface area contributed by atoms with Crippen molar-refractivity contribution in [3.63, 3.8) is 0 Å². The molecule has 1 amide bonds. The van der Waals surface area contributed by atoms with Crippen LogP contribution < -0.4 is 11.1 Å². The van der Waals surface area contributed by atoms with Crippen molar-refractivity contribution in [1.29, 1.82) is 0 Å². The highest BCUT2D eigenvalue weighted by Crippen LogP contribution is 2.27. The number of hydrogen-bond acceptors (Lipinski definition) is 4. The number of hydrogen-bond donors (Lipinski definition) is 2. The topological polar surface area (TPSA) is 80.9 Å². The molecule has 6 heteroatoms. The van der Waals surface area contributed by atoms with Crippen LogP contribution >= 0.6 is 12.2 Å². The number of nitrogens with one attached hydrogen (secondary N) is 1. The molecule has 1 aliphatic rings. The highest BCUT2D eigenvalue weighted by atomic mass is 32.1. The lowest BCUT2D eigenvalue weighted by molar-refractivity contribution is 0.0907. The van der Waals surface area contributed by atoms with Crippen LogP contribution in [-0.4, -0.2) is 26.4 Å². The Balaban J connectivity index is 2.15. The lowest BCUT2D eigenvalue weighted by atomic mass is 9.83. The van der Waals surface area contributed by atoms with E-state index in [0.717, 1.165) is 38.5 Å². The van der Waals surface area contributed by atoms with Crippen molar-refractivity contribution in [2.45, 2.75) is 50.5 Å². The van der Waals surface area contributed by atoms with Gasteiger partial charge in [0.25, 0.3) is 5.91 Å². The van der Waals surface area contributed by atoms with Crippen LogP contribution in [0.4, 0.5) is 0 Å². The van der Waals surface area contributed by atoms with Gasteiger partial charge in [-0.1, -0.05) is 44.3 Å². The molecule has 20 heavy (non-hydrogen) atoms. The van der Waals surface area contributed by atoms with E-state index in [9.17, 15) is 4.79 Å². The Bertz CT molecular complexity index is 469. The molecule has 1 heterocycles. The highest BCUT2D eigenvalue weighted by Gasteiger charge is 2.35. The summed E-state index contributed by atoms with van der Waals surface area (Å²) in [5.74, 6) is -0.258. The summed E-state index contributed by atoms with van der Waals surface area (Å²) in [6.07, 6.45) is 11.7. The second kappa shape index (κ2) is 6.74. The van der Waals surface area contributed by atoms with Crippen LogP contribution in [0.15, 0.2) is 18.6 Å². The molecule has 0 radical (unpaired) electrons. The standard InChI is InChI=1S/C14H20N4OS/c15-13(20)14(6-4-2-1-3-5-7-14)18-12(19)11-10-16-8-9-17-11/h8-10H,1-7H2,(H2,15,20)(H,18,19). The number of rotatable bonds is 3. The molecule has 108 valence electrons. The van der Waals surface area contributed by atoms with Crippen molar-refractivity contribution in [2.24, 2.45) is 5.73 Å². The number of aromatic nitrogens is 2. The summed E-state index contributed by atoms with van der Waals surface area (Å²) in [6, 6.07) is 0. The first-order chi connectivity index (χ1) is 9.64. The fourth-order valence-corrected chi connectivity index (χ4v) is 2.89. The summed E-state index contributed by atoms with van der Waals surface area (Å²) < 4.78 is 0. The second-order valence-electron chi connectivity index (χ2n) is 5.26. The SMILES string of the molecule is NC(=S)C1(NC(=O)c2cnccn2)CCCCCCC1. The van der Waals surface area contributed by atoms with Crippen LogP contribution in [-0.2, 0) is 0 Å². The fourth-order valence-electron chi connectivity index (χ4n) is 2.64. The Morgan fingerprint density at radius 3 is 2.40 bits per heavy atom. The summed E-state index contributed by atoms with van der Waals surface area (Å²) in [6.45, 7) is 0. The molecule has 0 aliphatic heterocycles. The number of carbonyl (C=O) groups is 1. The normalized spacial score (nSPS) is 18.6. The van der Waals surface area contributed by atoms with Gasteiger partial charge in [0.2, 0.25) is 0 Å². The van der Waals surface area contributed by atoms with Gasteiger partial charge in [-0.15, -0.1) is 0 Å². The Labute approximate surface area is 124 Å². The van der Waals surface area contributed by atoms with Crippen LogP contribution in [0.5, 0.6) is 0 Å². The van der Waals surface area contributed by atoms with E-state index in [1.165, 1.54) is 25.0 Å². The predicted molar refractivity (Wildman–Crippen MR) is 81.3 cm³/mol. The average Bonchev–Trinajstić information content (AvgIpc) is 2.42. The third-order valence-electron chi connectivity index (χ3n) is 3.83. The van der Waals surface area contributed by atoms with E-state index in [1.807, 2.05) is 0 Å². The molecular formula is C14H20N4OS. The first-order valence-electron chi connectivity index (χ1n) is 7.02. The van der Waals surface area contributed by atoms with Crippen LogP contribution in [0, 0.1) is 0 Å². The fraction of sp³-hybridized carbons (Fsp3) is 0.571. The molecular weight excluding hydrogens is 272 g/mol. The van der Waals surface area contributed by atoms with Crippen molar-refractivity contribution in [2.75, 3.05) is 0 Å². The van der Waals surface area contributed by atoms with Crippen LogP contribution in [0.1, 0.15) is 55.4 Å². The number of nitrogens with zero attached hydrogens (tertiary/aromatic N) is 2. The van der Waals surface area contributed by atoms with E-state index in [0.29, 0.717) is 10.7 Å². The number of carbonyl (C=O) groups excluding carboxylic acids is 1. The molecule has 3 N–H and O–H groups in total. The van der Waals surface area contributed by atoms with Gasteiger partial charge in [-0.3, -0.25) is 9.78 Å². The molecule has 0 spiro atoms. The maximum Gasteiger partial charge on any atom is 0.272 e. The molecule has 1 saturated carbocycles. The van der Waals surface area contributed by atoms with E-state index in [2.05, 4.69) is 15.3 Å². The minimum Gasteiger partial charge on any atom is -0.391 e. The third kappa shape index (κ3) is 3.50. The van der Waals surface area contributed by atoms with E-state index >= 15 is 0 Å². The van der Waals surface area contributed by atoms with Crippen molar-refractivity contribution < 1.29 is 4.79 Å². The van der Waals surface area contributed by atoms with Gasteiger partial charge < -0.3 is 11.1 Å². The molecule has 0 unspecified atom stereocenters. The zero-order valence-electron chi connectivity index (χ0n) is 11.5. The zero-order chi connectivity index (χ0) is 14.4. The molecule has 0 bridgehead atoms. The minimum absolute atomic E-state index is 0.258. The third-order valence-corrected chi connectivity index (χ3v) is 4.22. The molecule has 1 aromatic rings. The maximum absolute atomic E-state index is 12.3. The van der Waals surface area contributed by atoms with Gasteiger partial charge in [0, 0.05) is 12.4 Å². The lowest BCUT2D eigenvalue weighted by Crippen LogP contribution is -2.57. The minimum atomic E-state index is -0.579. The summed E-state index contributed by atoms with van der Waals surface area (Å²) >= 11 is 5.23. The molecule has 0 saturated heterocycles. The molecule has 1 aromatic heterocycles. The summed E-state index contributed by atoms with van der Waals surface area (Å²) in [7, 11) is 0. The quantitative estimate of drug-likeness (QED) is 0.833. The predicted octanol–water partition coefficient (Wildman–Crippen LogP) is 1.98. The van der Waals surface area contributed by atoms with Crippen molar-refractivity contribution in [3.05, 3.63) is 24.3 Å². The summed E-state index contributed by atoms with van der Waals surface area (Å²) in [5.41, 5.74) is 5.65. The van der Waals surface area contributed by atoms with Gasteiger partial charge in [0.05, 0.1) is 16.7 Å². The van der Waals surface area contributed by atoms with E-state index < -0.39 is 5.54 Å². The van der Waals surface area contributed by atoms with Gasteiger partial charge in [-0.2, -0.15) is 0 Å². The Morgan fingerprint density at radius 2 is 1.85 bits per heavy atom. The lowest BCUT2D eigenvalue weighted by Gasteiger charge is -2.35. The van der Waals surface area contributed by atoms with Crippen LogP contribution in [0.3, 0.4) is 0 Å². The maximum atomic E-state index is 12.3. The van der Waals surface area contributed by atoms with E-state index in [-0.39, 0.29) is 5.91 Å². The van der Waals surface area contributed by atoms with Crippen molar-refractivity contribution >= 4 is 23.1 Å².